The summed E-state index contributed by atoms with van der Waals surface area (Å²) < 4.78 is 4.53. The molecule has 4 N–H and O–H groups in total. The lowest BCUT2D eigenvalue weighted by molar-refractivity contribution is -0.163. The van der Waals surface area contributed by atoms with Gasteiger partial charge in [0.2, 0.25) is 0 Å². The van der Waals surface area contributed by atoms with E-state index in [9.17, 15) is 4.79 Å². The van der Waals surface area contributed by atoms with Crippen molar-refractivity contribution >= 4 is 5.97 Å². The first-order valence-corrected chi connectivity index (χ1v) is 3.97. The molecule has 0 heterocycles. The summed E-state index contributed by atoms with van der Waals surface area (Å²) in [6.45, 7) is 1.74. The van der Waals surface area contributed by atoms with Crippen LogP contribution in [0.1, 0.15) is 0 Å². The van der Waals surface area contributed by atoms with Gasteiger partial charge in [-0.2, -0.15) is 0 Å². The predicted octanol–water partition coefficient (Wildman–Crippen LogP) is -2.21. The summed E-state index contributed by atoms with van der Waals surface area (Å²) in [5, 5.41) is 35.4. The Kier molecular flexibility index (Phi) is 6.06. The second kappa shape index (κ2) is 6.50. The smallest absolute Gasteiger partial charge is 0.330 e. The van der Waals surface area contributed by atoms with Gasteiger partial charge in [0.25, 0.3) is 0 Å². The highest BCUT2D eigenvalue weighted by Crippen LogP contribution is 2.06. The SMILES string of the molecule is C=CC(=O)OC(C(O)CO)C(O)CO. The summed E-state index contributed by atoms with van der Waals surface area (Å²) in [5.41, 5.74) is 0. The third kappa shape index (κ3) is 3.84. The van der Waals surface area contributed by atoms with Gasteiger partial charge in [-0.1, -0.05) is 6.58 Å². The molecule has 6 heteroatoms. The van der Waals surface area contributed by atoms with Crippen molar-refractivity contribution in [2.24, 2.45) is 0 Å². The summed E-state index contributed by atoms with van der Waals surface area (Å²) in [4.78, 5) is 10.7. The molecular weight excluding hydrogens is 192 g/mol. The minimum atomic E-state index is -1.44. The number of aliphatic hydroxyl groups excluding tert-OH is 4. The molecule has 0 saturated carbocycles. The van der Waals surface area contributed by atoms with E-state index in [-0.39, 0.29) is 0 Å². The highest BCUT2D eigenvalue weighted by atomic mass is 16.6. The number of esters is 1. The van der Waals surface area contributed by atoms with Crippen LogP contribution >= 0.6 is 0 Å². The molecule has 0 aliphatic carbocycles. The summed E-state index contributed by atoms with van der Waals surface area (Å²) in [7, 11) is 0. The van der Waals surface area contributed by atoms with Crippen molar-refractivity contribution in [2.45, 2.75) is 18.3 Å². The summed E-state index contributed by atoms with van der Waals surface area (Å²) in [6.07, 6.45) is -3.40. The molecule has 0 rings (SSSR count). The van der Waals surface area contributed by atoms with E-state index in [1.54, 1.807) is 0 Å². The van der Waals surface area contributed by atoms with Gasteiger partial charge in [-0.05, 0) is 0 Å². The van der Waals surface area contributed by atoms with Crippen molar-refractivity contribution in [3.8, 4) is 0 Å². The zero-order valence-electron chi connectivity index (χ0n) is 7.54. The average molecular weight is 206 g/mol. The Morgan fingerprint density at radius 1 is 1.29 bits per heavy atom. The number of ether oxygens (including phenoxy) is 1. The van der Waals surface area contributed by atoms with Gasteiger partial charge < -0.3 is 25.2 Å². The van der Waals surface area contributed by atoms with Crippen LogP contribution in [0.25, 0.3) is 0 Å². The van der Waals surface area contributed by atoms with Crippen molar-refractivity contribution in [3.05, 3.63) is 12.7 Å². The molecule has 0 bridgehead atoms. The van der Waals surface area contributed by atoms with E-state index in [4.69, 9.17) is 20.4 Å². The molecule has 0 aliphatic heterocycles. The maximum Gasteiger partial charge on any atom is 0.330 e. The Labute approximate surface area is 81.1 Å². The summed E-state index contributed by atoms with van der Waals surface area (Å²) >= 11 is 0. The molecule has 0 spiro atoms. The van der Waals surface area contributed by atoms with Crippen molar-refractivity contribution in [2.75, 3.05) is 13.2 Å². The Balaban J connectivity index is 4.38. The molecule has 2 unspecified atom stereocenters. The number of carbonyl (C=O) groups excluding carboxylic acids is 1. The van der Waals surface area contributed by atoms with Crippen LogP contribution in [-0.2, 0) is 9.53 Å². The van der Waals surface area contributed by atoms with Gasteiger partial charge in [0, 0.05) is 6.08 Å². The van der Waals surface area contributed by atoms with Gasteiger partial charge in [-0.25, -0.2) is 4.79 Å². The summed E-state index contributed by atoms with van der Waals surface area (Å²) in [5.74, 6) is -0.852. The molecule has 0 fully saturated rings. The lowest BCUT2D eigenvalue weighted by Gasteiger charge is -2.24. The van der Waals surface area contributed by atoms with Crippen LogP contribution in [0.4, 0.5) is 0 Å². The number of hydrogen-bond acceptors (Lipinski definition) is 6. The molecular formula is C8H14O6. The van der Waals surface area contributed by atoms with Crippen molar-refractivity contribution in [1.82, 2.24) is 0 Å². The second-order valence-corrected chi connectivity index (χ2v) is 2.61. The highest BCUT2D eigenvalue weighted by molar-refractivity contribution is 5.81. The van der Waals surface area contributed by atoms with Crippen LogP contribution in [0.2, 0.25) is 0 Å². The van der Waals surface area contributed by atoms with Gasteiger partial charge in [-0.3, -0.25) is 0 Å². The molecule has 0 aromatic carbocycles. The zero-order chi connectivity index (χ0) is 11.1. The predicted molar refractivity (Wildman–Crippen MR) is 46.3 cm³/mol. The van der Waals surface area contributed by atoms with Gasteiger partial charge in [0.15, 0.2) is 6.10 Å². The Morgan fingerprint density at radius 3 is 2.00 bits per heavy atom. The largest absolute Gasteiger partial charge is 0.453 e. The van der Waals surface area contributed by atoms with Crippen LogP contribution in [0, 0.1) is 0 Å². The molecule has 2 atom stereocenters. The number of carbonyl (C=O) groups is 1. The van der Waals surface area contributed by atoms with Crippen LogP contribution in [-0.4, -0.2) is 57.9 Å². The molecule has 0 aromatic heterocycles. The van der Waals surface area contributed by atoms with E-state index >= 15 is 0 Å². The zero-order valence-corrected chi connectivity index (χ0v) is 7.54. The third-order valence-electron chi connectivity index (χ3n) is 1.55. The lowest BCUT2D eigenvalue weighted by Crippen LogP contribution is -2.44. The van der Waals surface area contributed by atoms with Crippen molar-refractivity contribution in [1.29, 1.82) is 0 Å². The number of aliphatic hydroxyl groups is 4. The van der Waals surface area contributed by atoms with E-state index in [1.165, 1.54) is 0 Å². The van der Waals surface area contributed by atoms with Crippen molar-refractivity contribution < 1.29 is 30.0 Å². The van der Waals surface area contributed by atoms with Crippen LogP contribution in [0.5, 0.6) is 0 Å². The average Bonchev–Trinajstić information content (AvgIpc) is 2.23. The molecule has 82 valence electrons. The fourth-order valence-electron chi connectivity index (χ4n) is 0.804. The van der Waals surface area contributed by atoms with E-state index < -0.39 is 37.5 Å². The van der Waals surface area contributed by atoms with E-state index in [0.717, 1.165) is 6.08 Å². The fourth-order valence-corrected chi connectivity index (χ4v) is 0.804. The maximum absolute atomic E-state index is 10.7. The van der Waals surface area contributed by atoms with E-state index in [2.05, 4.69) is 11.3 Å². The quantitative estimate of drug-likeness (QED) is 0.290. The normalized spacial score (nSPS) is 16.9. The Bertz CT molecular complexity index is 182. The standard InChI is InChI=1S/C8H14O6/c1-2-7(13)14-8(5(11)3-9)6(12)4-10/h2,5-6,8-12H,1,3-4H2. The minimum absolute atomic E-state index is 0.688. The Morgan fingerprint density at radius 2 is 1.71 bits per heavy atom. The van der Waals surface area contributed by atoms with Crippen LogP contribution in [0.3, 0.4) is 0 Å². The fraction of sp³-hybridized carbons (Fsp3) is 0.625. The van der Waals surface area contributed by atoms with E-state index in [1.807, 2.05) is 0 Å². The lowest BCUT2D eigenvalue weighted by atomic mass is 10.1. The highest BCUT2D eigenvalue weighted by Gasteiger charge is 2.29. The minimum Gasteiger partial charge on any atom is -0.453 e. The molecule has 0 radical (unpaired) electrons. The molecule has 6 nitrogen and oxygen atoms in total. The number of rotatable bonds is 6. The molecule has 0 aromatic rings. The van der Waals surface area contributed by atoms with Gasteiger partial charge in [0.05, 0.1) is 13.2 Å². The number of hydrogen-bond donors (Lipinski definition) is 4. The first-order valence-electron chi connectivity index (χ1n) is 3.97. The monoisotopic (exact) mass is 206 g/mol. The Hall–Kier alpha value is -0.950. The third-order valence-corrected chi connectivity index (χ3v) is 1.55. The van der Waals surface area contributed by atoms with E-state index in [0.29, 0.717) is 0 Å². The van der Waals surface area contributed by atoms with Gasteiger partial charge in [-0.15, -0.1) is 0 Å². The molecule has 0 aliphatic rings. The van der Waals surface area contributed by atoms with Crippen molar-refractivity contribution in [3.63, 3.8) is 0 Å². The van der Waals surface area contributed by atoms with Crippen LogP contribution < -0.4 is 0 Å². The first kappa shape index (κ1) is 13.1. The molecule has 0 saturated heterocycles. The topological polar surface area (TPSA) is 107 Å². The van der Waals surface area contributed by atoms with Gasteiger partial charge in [0.1, 0.15) is 12.2 Å². The first-order chi connectivity index (χ1) is 6.56. The molecule has 14 heavy (non-hydrogen) atoms. The summed E-state index contributed by atoms with van der Waals surface area (Å²) in [6, 6.07) is 0. The van der Waals surface area contributed by atoms with Gasteiger partial charge >= 0.3 is 5.97 Å². The second-order valence-electron chi connectivity index (χ2n) is 2.61. The molecule has 0 amide bonds. The van der Waals surface area contributed by atoms with Crippen LogP contribution in [0.15, 0.2) is 12.7 Å². The maximum atomic E-state index is 10.7.